The molecule has 0 radical (unpaired) electrons. The maximum absolute atomic E-state index is 13.2. The molecule has 0 amide bonds. The highest BCUT2D eigenvalue weighted by Crippen LogP contribution is 2.22. The summed E-state index contributed by atoms with van der Waals surface area (Å²) in [6.45, 7) is 1.35. The average molecular weight is 439 g/mol. The third kappa shape index (κ3) is 4.66. The SMILES string of the molecule is COc1ccc(C(=NO)c2cc(N3CCC(Oc4ncc(F)c(N)n4)CC3)ncn2)cc1. The zero-order valence-corrected chi connectivity index (χ0v) is 17.3. The molecule has 11 heteroatoms. The second-order valence-corrected chi connectivity index (χ2v) is 7.13. The molecule has 166 valence electrons. The summed E-state index contributed by atoms with van der Waals surface area (Å²) < 4.78 is 24.1. The van der Waals surface area contributed by atoms with Crippen molar-refractivity contribution in [2.75, 3.05) is 30.8 Å². The molecular weight excluding hydrogens is 417 g/mol. The van der Waals surface area contributed by atoms with Crippen LogP contribution in [0.25, 0.3) is 0 Å². The lowest BCUT2D eigenvalue weighted by molar-refractivity contribution is 0.156. The van der Waals surface area contributed by atoms with Crippen LogP contribution in [-0.2, 0) is 0 Å². The minimum Gasteiger partial charge on any atom is -0.497 e. The van der Waals surface area contributed by atoms with E-state index in [0.717, 1.165) is 6.20 Å². The Labute approximate surface area is 183 Å². The number of nitrogens with two attached hydrogens (primary N) is 1. The van der Waals surface area contributed by atoms with Crippen LogP contribution in [0.3, 0.4) is 0 Å². The largest absolute Gasteiger partial charge is 0.497 e. The first-order valence-corrected chi connectivity index (χ1v) is 9.96. The number of hydrogen-bond donors (Lipinski definition) is 2. The average Bonchev–Trinajstić information content (AvgIpc) is 2.83. The second kappa shape index (κ2) is 9.41. The molecule has 0 saturated carbocycles. The highest BCUT2D eigenvalue weighted by atomic mass is 19.1. The Morgan fingerprint density at radius 2 is 1.94 bits per heavy atom. The van der Waals surface area contributed by atoms with Crippen LogP contribution in [0.2, 0.25) is 0 Å². The number of aromatic nitrogens is 4. The summed E-state index contributed by atoms with van der Waals surface area (Å²) in [6.07, 6.45) is 3.71. The number of oxime groups is 1. The first-order chi connectivity index (χ1) is 15.6. The Kier molecular flexibility index (Phi) is 6.24. The molecule has 4 rings (SSSR count). The molecule has 1 saturated heterocycles. The van der Waals surface area contributed by atoms with E-state index in [-0.39, 0.29) is 17.9 Å². The summed E-state index contributed by atoms with van der Waals surface area (Å²) in [5, 5.41) is 13.0. The Balaban J connectivity index is 1.42. The van der Waals surface area contributed by atoms with Crippen molar-refractivity contribution in [3.63, 3.8) is 0 Å². The maximum Gasteiger partial charge on any atom is 0.318 e. The topological polar surface area (TPSA) is 132 Å². The minimum atomic E-state index is -0.674. The lowest BCUT2D eigenvalue weighted by atomic mass is 10.1. The van der Waals surface area contributed by atoms with Crippen LogP contribution in [0.4, 0.5) is 16.0 Å². The van der Waals surface area contributed by atoms with Crippen LogP contribution in [0, 0.1) is 5.82 Å². The molecule has 10 nitrogen and oxygen atoms in total. The van der Waals surface area contributed by atoms with E-state index in [4.69, 9.17) is 15.2 Å². The molecule has 32 heavy (non-hydrogen) atoms. The van der Waals surface area contributed by atoms with Gasteiger partial charge in [0.05, 0.1) is 19.0 Å². The number of hydrogen-bond acceptors (Lipinski definition) is 10. The van der Waals surface area contributed by atoms with Crippen molar-refractivity contribution in [3.8, 4) is 11.8 Å². The van der Waals surface area contributed by atoms with Gasteiger partial charge in [-0.1, -0.05) is 5.16 Å². The van der Waals surface area contributed by atoms with Crippen molar-refractivity contribution < 1.29 is 19.1 Å². The molecular formula is C21H22FN7O3. The van der Waals surface area contributed by atoms with Crippen LogP contribution in [-0.4, -0.2) is 57.2 Å². The van der Waals surface area contributed by atoms with Crippen LogP contribution in [0.15, 0.2) is 48.0 Å². The molecule has 1 aromatic carbocycles. The van der Waals surface area contributed by atoms with Crippen molar-refractivity contribution >= 4 is 17.3 Å². The van der Waals surface area contributed by atoms with Gasteiger partial charge in [-0.25, -0.2) is 19.3 Å². The van der Waals surface area contributed by atoms with E-state index in [1.54, 1.807) is 37.4 Å². The van der Waals surface area contributed by atoms with E-state index in [0.29, 0.717) is 54.5 Å². The van der Waals surface area contributed by atoms with Gasteiger partial charge in [0.25, 0.3) is 0 Å². The van der Waals surface area contributed by atoms with Gasteiger partial charge in [0, 0.05) is 37.6 Å². The monoisotopic (exact) mass is 439 g/mol. The summed E-state index contributed by atoms with van der Waals surface area (Å²) in [7, 11) is 1.59. The fourth-order valence-electron chi connectivity index (χ4n) is 3.43. The summed E-state index contributed by atoms with van der Waals surface area (Å²) in [5.41, 5.74) is 7.00. The zero-order valence-electron chi connectivity index (χ0n) is 17.3. The molecule has 1 aliphatic rings. The number of nitrogen functional groups attached to an aromatic ring is 1. The van der Waals surface area contributed by atoms with Crippen LogP contribution in [0.5, 0.6) is 11.8 Å². The first-order valence-electron chi connectivity index (χ1n) is 9.96. The van der Waals surface area contributed by atoms with Crippen molar-refractivity contribution in [2.45, 2.75) is 18.9 Å². The molecule has 0 aliphatic carbocycles. The number of ether oxygens (including phenoxy) is 2. The Morgan fingerprint density at radius 3 is 2.59 bits per heavy atom. The minimum absolute atomic E-state index is 0.0648. The third-order valence-electron chi connectivity index (χ3n) is 5.15. The molecule has 3 N–H and O–H groups in total. The number of nitrogens with zero attached hydrogens (tertiary/aromatic N) is 6. The van der Waals surface area contributed by atoms with Crippen LogP contribution < -0.4 is 20.1 Å². The normalized spacial score (nSPS) is 14.9. The lowest BCUT2D eigenvalue weighted by Crippen LogP contribution is -2.39. The quantitative estimate of drug-likeness (QED) is 0.337. The molecule has 0 spiro atoms. The number of methoxy groups -OCH3 is 1. The van der Waals surface area contributed by atoms with Gasteiger partial charge in [0.15, 0.2) is 11.6 Å². The molecule has 3 aromatic rings. The van der Waals surface area contributed by atoms with E-state index < -0.39 is 5.82 Å². The molecule has 2 aromatic heterocycles. The van der Waals surface area contributed by atoms with Crippen molar-refractivity contribution in [2.24, 2.45) is 5.16 Å². The number of rotatable bonds is 6. The third-order valence-corrected chi connectivity index (χ3v) is 5.15. The number of halogens is 1. The van der Waals surface area contributed by atoms with E-state index in [1.807, 2.05) is 0 Å². The summed E-state index contributed by atoms with van der Waals surface area (Å²) in [6, 6.07) is 9.00. The summed E-state index contributed by atoms with van der Waals surface area (Å²) >= 11 is 0. The Hall–Kier alpha value is -4.02. The standard InChI is InChI=1S/C21H22FN7O3/c1-31-14-4-2-13(3-5-14)19(28-30)17-10-18(26-12-25-17)29-8-6-15(7-9-29)32-21-24-11-16(22)20(23)27-21/h2-5,10-12,15,30H,6-9H2,1H3,(H2,23,24,27). The molecule has 1 fully saturated rings. The molecule has 0 unspecified atom stereocenters. The van der Waals surface area contributed by atoms with E-state index in [9.17, 15) is 9.60 Å². The zero-order chi connectivity index (χ0) is 22.5. The van der Waals surface area contributed by atoms with Crippen molar-refractivity contribution in [3.05, 3.63) is 59.9 Å². The van der Waals surface area contributed by atoms with E-state index in [1.165, 1.54) is 6.33 Å². The highest BCUT2D eigenvalue weighted by Gasteiger charge is 2.23. The van der Waals surface area contributed by atoms with Crippen molar-refractivity contribution in [1.82, 2.24) is 19.9 Å². The Bertz CT molecular complexity index is 1100. The van der Waals surface area contributed by atoms with Gasteiger partial charge >= 0.3 is 6.01 Å². The molecule has 1 aliphatic heterocycles. The van der Waals surface area contributed by atoms with Gasteiger partial charge in [0.1, 0.15) is 29.7 Å². The van der Waals surface area contributed by atoms with Gasteiger partial charge in [-0.15, -0.1) is 0 Å². The second-order valence-electron chi connectivity index (χ2n) is 7.13. The van der Waals surface area contributed by atoms with Gasteiger partial charge in [-0.05, 0) is 24.3 Å². The number of piperidine rings is 1. The molecule has 0 bridgehead atoms. The van der Waals surface area contributed by atoms with Gasteiger partial charge in [0.2, 0.25) is 0 Å². The fourth-order valence-corrected chi connectivity index (χ4v) is 3.43. The van der Waals surface area contributed by atoms with Crippen LogP contribution >= 0.6 is 0 Å². The predicted molar refractivity (Wildman–Crippen MR) is 115 cm³/mol. The van der Waals surface area contributed by atoms with Crippen LogP contribution in [0.1, 0.15) is 24.1 Å². The van der Waals surface area contributed by atoms with Gasteiger partial charge in [-0.3, -0.25) is 0 Å². The smallest absolute Gasteiger partial charge is 0.318 e. The summed E-state index contributed by atoms with van der Waals surface area (Å²) in [5.74, 6) is 0.505. The van der Waals surface area contributed by atoms with E-state index >= 15 is 0 Å². The Morgan fingerprint density at radius 1 is 1.19 bits per heavy atom. The molecule has 0 atom stereocenters. The highest BCUT2D eigenvalue weighted by molar-refractivity contribution is 6.11. The lowest BCUT2D eigenvalue weighted by Gasteiger charge is -2.32. The fraction of sp³-hybridized carbons (Fsp3) is 0.286. The first kappa shape index (κ1) is 21.2. The summed E-state index contributed by atoms with van der Waals surface area (Å²) in [4.78, 5) is 18.4. The predicted octanol–water partition coefficient (Wildman–Crippen LogP) is 2.27. The van der Waals surface area contributed by atoms with Crippen molar-refractivity contribution in [1.29, 1.82) is 0 Å². The van der Waals surface area contributed by atoms with Gasteiger partial charge < -0.3 is 25.3 Å². The van der Waals surface area contributed by atoms with Gasteiger partial charge in [-0.2, -0.15) is 4.98 Å². The number of anilines is 2. The number of benzene rings is 1. The van der Waals surface area contributed by atoms with E-state index in [2.05, 4.69) is 30.0 Å². The molecule has 3 heterocycles. The maximum atomic E-state index is 13.2.